The van der Waals surface area contributed by atoms with Gasteiger partial charge in [-0.3, -0.25) is 9.89 Å². The molecule has 0 bridgehead atoms. The van der Waals surface area contributed by atoms with Crippen molar-refractivity contribution in [1.82, 2.24) is 14.9 Å². The fourth-order valence-corrected chi connectivity index (χ4v) is 2.86. The van der Waals surface area contributed by atoms with Crippen molar-refractivity contribution < 1.29 is 8.42 Å². The van der Waals surface area contributed by atoms with E-state index in [4.69, 9.17) is 5.73 Å². The molecule has 0 aromatic rings. The van der Waals surface area contributed by atoms with Crippen LogP contribution in [0.3, 0.4) is 0 Å². The predicted molar refractivity (Wildman–Crippen MR) is 97.6 cm³/mol. The van der Waals surface area contributed by atoms with E-state index in [1.165, 1.54) is 12.8 Å². The molecule has 126 valence electrons. The summed E-state index contributed by atoms with van der Waals surface area (Å²) in [6.45, 7) is 6.13. The van der Waals surface area contributed by atoms with E-state index < -0.39 is 10.0 Å². The Labute approximate surface area is 145 Å². The van der Waals surface area contributed by atoms with E-state index in [9.17, 15) is 8.42 Å². The van der Waals surface area contributed by atoms with Gasteiger partial charge >= 0.3 is 0 Å². The minimum Gasteiger partial charge on any atom is -0.370 e. The van der Waals surface area contributed by atoms with Crippen LogP contribution >= 0.6 is 24.0 Å². The summed E-state index contributed by atoms with van der Waals surface area (Å²) in [4.78, 5) is 6.78. The van der Waals surface area contributed by atoms with Crippen LogP contribution in [0.25, 0.3) is 0 Å². The molecule has 1 rings (SSSR count). The Morgan fingerprint density at radius 1 is 1.43 bits per heavy atom. The van der Waals surface area contributed by atoms with Crippen LogP contribution in [-0.2, 0) is 10.0 Å². The maximum absolute atomic E-state index is 10.9. The Balaban J connectivity index is 0.00000400. The van der Waals surface area contributed by atoms with Gasteiger partial charge in [-0.05, 0) is 32.4 Å². The van der Waals surface area contributed by atoms with E-state index in [-0.39, 0.29) is 24.0 Å². The van der Waals surface area contributed by atoms with Crippen LogP contribution in [0.2, 0.25) is 0 Å². The lowest BCUT2D eigenvalue weighted by atomic mass is 10.2. The van der Waals surface area contributed by atoms with Gasteiger partial charge in [0, 0.05) is 19.1 Å². The molecule has 4 N–H and O–H groups in total. The number of aliphatic imine (C=N–C) groups is 1. The Bertz CT molecular complexity index is 416. The molecule has 0 radical (unpaired) electrons. The van der Waals surface area contributed by atoms with Crippen LogP contribution in [0.15, 0.2) is 4.99 Å². The maximum Gasteiger partial charge on any atom is 0.208 e. The fraction of sp³-hybridized carbons (Fsp3) is 0.917. The molecular weight excluding hydrogens is 405 g/mol. The first-order valence-corrected chi connectivity index (χ1v) is 9.04. The lowest BCUT2D eigenvalue weighted by Gasteiger charge is -2.20. The second-order valence-corrected chi connectivity index (χ2v) is 6.93. The SMILES string of the molecule is CCN1CCCC1CN=C(N)NCCCNS(C)(=O)=O.I. The molecule has 0 aromatic heterocycles. The summed E-state index contributed by atoms with van der Waals surface area (Å²) >= 11 is 0. The second kappa shape index (κ2) is 10.6. The average molecular weight is 433 g/mol. The van der Waals surface area contributed by atoms with Gasteiger partial charge in [-0.1, -0.05) is 6.92 Å². The number of rotatable bonds is 8. The summed E-state index contributed by atoms with van der Waals surface area (Å²) in [6, 6.07) is 0.507. The predicted octanol–water partition coefficient (Wildman–Crippen LogP) is -0.0677. The summed E-state index contributed by atoms with van der Waals surface area (Å²) < 4.78 is 24.1. The highest BCUT2D eigenvalue weighted by Gasteiger charge is 2.22. The van der Waals surface area contributed by atoms with Crippen LogP contribution < -0.4 is 15.8 Å². The number of likely N-dealkylation sites (N-methyl/N-ethyl adjacent to an activating group) is 1. The van der Waals surface area contributed by atoms with Crippen molar-refractivity contribution in [2.24, 2.45) is 10.7 Å². The van der Waals surface area contributed by atoms with Crippen LogP contribution in [0, 0.1) is 0 Å². The zero-order valence-electron chi connectivity index (χ0n) is 12.8. The van der Waals surface area contributed by atoms with Crippen LogP contribution in [0.4, 0.5) is 0 Å². The van der Waals surface area contributed by atoms with Crippen molar-refractivity contribution in [2.75, 3.05) is 39.0 Å². The van der Waals surface area contributed by atoms with Gasteiger partial charge in [0.05, 0.1) is 12.8 Å². The van der Waals surface area contributed by atoms with Crippen molar-refractivity contribution >= 4 is 40.0 Å². The van der Waals surface area contributed by atoms with Crippen LogP contribution in [-0.4, -0.2) is 64.3 Å². The van der Waals surface area contributed by atoms with Gasteiger partial charge in [0.15, 0.2) is 5.96 Å². The van der Waals surface area contributed by atoms with Crippen LogP contribution in [0.5, 0.6) is 0 Å². The quantitative estimate of drug-likeness (QED) is 0.216. The molecule has 0 saturated carbocycles. The van der Waals surface area contributed by atoms with E-state index in [2.05, 4.69) is 26.9 Å². The summed E-state index contributed by atoms with van der Waals surface area (Å²) in [5.41, 5.74) is 5.79. The summed E-state index contributed by atoms with van der Waals surface area (Å²) in [5.74, 6) is 0.437. The number of nitrogens with zero attached hydrogens (tertiary/aromatic N) is 2. The fourth-order valence-electron chi connectivity index (χ4n) is 2.34. The lowest BCUT2D eigenvalue weighted by Crippen LogP contribution is -2.37. The molecule has 0 amide bonds. The molecular formula is C12H28IN5O2S. The first kappa shape index (κ1) is 20.9. The summed E-state index contributed by atoms with van der Waals surface area (Å²) in [5, 5.41) is 3.00. The zero-order chi connectivity index (χ0) is 15.0. The van der Waals surface area contributed by atoms with Crippen molar-refractivity contribution in [3.63, 3.8) is 0 Å². The molecule has 1 aliphatic heterocycles. The van der Waals surface area contributed by atoms with Crippen molar-refractivity contribution in [1.29, 1.82) is 0 Å². The molecule has 0 aliphatic carbocycles. The highest BCUT2D eigenvalue weighted by atomic mass is 127. The van der Waals surface area contributed by atoms with Crippen molar-refractivity contribution in [3.05, 3.63) is 0 Å². The third kappa shape index (κ3) is 9.48. The van der Waals surface area contributed by atoms with Gasteiger partial charge in [-0.2, -0.15) is 0 Å². The molecule has 7 nitrogen and oxygen atoms in total. The van der Waals surface area contributed by atoms with Crippen molar-refractivity contribution in [3.8, 4) is 0 Å². The van der Waals surface area contributed by atoms with Gasteiger partial charge in [0.1, 0.15) is 0 Å². The number of hydrogen-bond acceptors (Lipinski definition) is 4. The standard InChI is InChI=1S/C12H27N5O2S.HI/c1-3-17-9-4-6-11(17)10-15-12(13)14-7-5-8-16-20(2,18)19;/h11,16H,3-10H2,1-2H3,(H3,13,14,15);1H. The van der Waals surface area contributed by atoms with E-state index >= 15 is 0 Å². The normalized spacial score (nSPS) is 20.3. The third-order valence-corrected chi connectivity index (χ3v) is 4.13. The minimum absolute atomic E-state index is 0. The maximum atomic E-state index is 10.9. The number of likely N-dealkylation sites (tertiary alicyclic amines) is 1. The largest absolute Gasteiger partial charge is 0.370 e. The Hall–Kier alpha value is -0.130. The topological polar surface area (TPSA) is 99.8 Å². The van der Waals surface area contributed by atoms with E-state index in [1.54, 1.807) is 0 Å². The van der Waals surface area contributed by atoms with Gasteiger partial charge in [-0.25, -0.2) is 13.1 Å². The Morgan fingerprint density at radius 2 is 2.14 bits per heavy atom. The van der Waals surface area contributed by atoms with Crippen molar-refractivity contribution in [2.45, 2.75) is 32.2 Å². The van der Waals surface area contributed by atoms with Gasteiger partial charge in [0.25, 0.3) is 0 Å². The van der Waals surface area contributed by atoms with Gasteiger partial charge < -0.3 is 11.1 Å². The Morgan fingerprint density at radius 3 is 2.76 bits per heavy atom. The lowest BCUT2D eigenvalue weighted by molar-refractivity contribution is 0.273. The zero-order valence-corrected chi connectivity index (χ0v) is 16.0. The van der Waals surface area contributed by atoms with E-state index in [0.29, 0.717) is 31.5 Å². The minimum atomic E-state index is -3.10. The molecule has 1 fully saturated rings. The highest BCUT2D eigenvalue weighted by Crippen LogP contribution is 2.16. The number of halogens is 1. The first-order chi connectivity index (χ1) is 9.42. The van der Waals surface area contributed by atoms with Gasteiger partial charge in [0.2, 0.25) is 10.0 Å². The second-order valence-electron chi connectivity index (χ2n) is 5.10. The summed E-state index contributed by atoms with van der Waals surface area (Å²) in [7, 11) is -3.10. The number of nitrogens with two attached hydrogens (primary N) is 1. The number of guanidine groups is 1. The molecule has 1 unspecified atom stereocenters. The first-order valence-electron chi connectivity index (χ1n) is 7.15. The van der Waals surface area contributed by atoms with E-state index in [0.717, 1.165) is 25.9 Å². The molecule has 1 aliphatic rings. The highest BCUT2D eigenvalue weighted by molar-refractivity contribution is 14.0. The molecule has 1 saturated heterocycles. The molecule has 9 heteroatoms. The third-order valence-electron chi connectivity index (χ3n) is 3.40. The van der Waals surface area contributed by atoms with E-state index in [1.807, 2.05) is 0 Å². The number of nitrogens with one attached hydrogen (secondary N) is 2. The Kier molecular flexibility index (Phi) is 10.5. The molecule has 1 atom stereocenters. The average Bonchev–Trinajstić information content (AvgIpc) is 2.82. The molecule has 21 heavy (non-hydrogen) atoms. The van der Waals surface area contributed by atoms with Gasteiger partial charge in [-0.15, -0.1) is 24.0 Å². The summed E-state index contributed by atoms with van der Waals surface area (Å²) in [6.07, 6.45) is 4.24. The van der Waals surface area contributed by atoms with Crippen LogP contribution in [0.1, 0.15) is 26.2 Å². The smallest absolute Gasteiger partial charge is 0.208 e. The molecule has 0 spiro atoms. The monoisotopic (exact) mass is 433 g/mol. The molecule has 0 aromatic carbocycles. The number of hydrogen-bond donors (Lipinski definition) is 3. The molecule has 1 heterocycles. The number of sulfonamides is 1.